The van der Waals surface area contributed by atoms with Crippen molar-refractivity contribution in [2.75, 3.05) is 11.5 Å². The van der Waals surface area contributed by atoms with Crippen LogP contribution in [-0.2, 0) is 19.2 Å². The fourth-order valence-electron chi connectivity index (χ4n) is 0.920. The largest absolute Gasteiger partial charge is 0.481 e. The Balaban J connectivity index is 3.99. The summed E-state index contributed by atoms with van der Waals surface area (Å²) in [7, 11) is 0. The second-order valence-electron chi connectivity index (χ2n) is 3.00. The summed E-state index contributed by atoms with van der Waals surface area (Å²) in [6.45, 7) is 0. The molecule has 0 aromatic carbocycles. The molecule has 1 radical (unpaired) electrons. The van der Waals surface area contributed by atoms with Crippen molar-refractivity contribution in [2.45, 2.75) is 18.9 Å². The third-order valence-electron chi connectivity index (χ3n) is 1.65. The Kier molecular flexibility index (Phi) is 7.78. The van der Waals surface area contributed by atoms with Crippen molar-refractivity contribution in [3.63, 3.8) is 0 Å². The van der Waals surface area contributed by atoms with Crippen LogP contribution < -0.4 is 5.32 Å². The van der Waals surface area contributed by atoms with Gasteiger partial charge in [-0.2, -0.15) is 11.8 Å². The summed E-state index contributed by atoms with van der Waals surface area (Å²) in [5.74, 6) is -2.76. The predicted octanol–water partition coefficient (Wildman–Crippen LogP) is -0.736. The van der Waals surface area contributed by atoms with Crippen LogP contribution in [0.1, 0.15) is 12.8 Å². The molecule has 0 aromatic rings. The van der Waals surface area contributed by atoms with Crippen molar-refractivity contribution in [3.8, 4) is 0 Å². The Hall–Kier alpha value is -1.57. The molecule has 7 nitrogen and oxygen atoms in total. The number of carbonyl (C=O) groups is 3. The molecule has 0 rings (SSSR count). The van der Waals surface area contributed by atoms with E-state index in [2.05, 4.69) is 5.32 Å². The molecule has 0 heterocycles. The number of rotatable bonds is 9. The lowest BCUT2D eigenvalue weighted by Gasteiger charge is -2.11. The maximum Gasteiger partial charge on any atom is 0.326 e. The van der Waals surface area contributed by atoms with Gasteiger partial charge in [0.25, 0.3) is 0 Å². The first kappa shape index (κ1) is 15.4. The normalized spacial score (nSPS) is 11.5. The van der Waals surface area contributed by atoms with Crippen molar-refractivity contribution >= 4 is 35.9 Å². The Morgan fingerprint density at radius 1 is 1.29 bits per heavy atom. The van der Waals surface area contributed by atoms with Crippen LogP contribution in [-0.4, -0.2) is 51.9 Å². The Bertz CT molecular complexity index is 306. The van der Waals surface area contributed by atoms with Gasteiger partial charge in [0.15, 0.2) is 0 Å². The molecule has 0 aromatic heterocycles. The van der Waals surface area contributed by atoms with Gasteiger partial charge in [-0.1, -0.05) is 0 Å². The van der Waals surface area contributed by atoms with Crippen molar-refractivity contribution in [1.82, 2.24) is 5.32 Å². The van der Waals surface area contributed by atoms with Gasteiger partial charge in [-0.25, -0.2) is 4.79 Å². The summed E-state index contributed by atoms with van der Waals surface area (Å²) in [5, 5.41) is 19.2. The second kappa shape index (κ2) is 8.57. The zero-order valence-electron chi connectivity index (χ0n) is 8.84. The smallest absolute Gasteiger partial charge is 0.326 e. The first-order chi connectivity index (χ1) is 7.97. The minimum absolute atomic E-state index is 0.0236. The lowest BCUT2D eigenvalue weighted by atomic mass is 10.2. The lowest BCUT2D eigenvalue weighted by Crippen LogP contribution is -2.42. The van der Waals surface area contributed by atoms with Gasteiger partial charge in [-0.05, 0) is 0 Å². The van der Waals surface area contributed by atoms with Crippen molar-refractivity contribution < 1.29 is 29.4 Å². The highest BCUT2D eigenvalue weighted by Crippen LogP contribution is 2.01. The van der Waals surface area contributed by atoms with E-state index >= 15 is 0 Å². The van der Waals surface area contributed by atoms with Crippen molar-refractivity contribution in [3.05, 3.63) is 0 Å². The Morgan fingerprint density at radius 3 is 2.41 bits per heavy atom. The number of carbonyl (C=O) groups excluding carboxylic acids is 2. The number of carboxylic acid groups (broad SMARTS) is 2. The fraction of sp³-hybridized carbons (Fsp3) is 0.556. The average molecular weight is 262 g/mol. The molecule has 1 amide bonds. The van der Waals surface area contributed by atoms with Crippen LogP contribution in [0, 0.1) is 0 Å². The van der Waals surface area contributed by atoms with E-state index in [1.54, 1.807) is 6.29 Å². The number of carboxylic acids is 2. The minimum Gasteiger partial charge on any atom is -0.481 e. The monoisotopic (exact) mass is 262 g/mol. The van der Waals surface area contributed by atoms with Crippen LogP contribution in [0.3, 0.4) is 0 Å². The molecule has 0 spiro atoms. The van der Waals surface area contributed by atoms with Crippen molar-refractivity contribution in [1.29, 1.82) is 0 Å². The van der Waals surface area contributed by atoms with Crippen LogP contribution in [0.2, 0.25) is 0 Å². The van der Waals surface area contributed by atoms with Gasteiger partial charge in [-0.15, -0.1) is 0 Å². The van der Waals surface area contributed by atoms with Gasteiger partial charge in [0.05, 0.1) is 12.2 Å². The number of amides is 1. The highest BCUT2D eigenvalue weighted by molar-refractivity contribution is 7.99. The molecule has 0 bridgehead atoms. The molecular formula is C9H12NO6S. The Morgan fingerprint density at radius 2 is 1.94 bits per heavy atom. The van der Waals surface area contributed by atoms with Crippen LogP contribution in [0.25, 0.3) is 0 Å². The average Bonchev–Trinajstić information content (AvgIpc) is 2.22. The van der Waals surface area contributed by atoms with Crippen LogP contribution in [0.15, 0.2) is 0 Å². The zero-order valence-corrected chi connectivity index (χ0v) is 9.66. The van der Waals surface area contributed by atoms with Gasteiger partial charge >= 0.3 is 11.9 Å². The second-order valence-corrected chi connectivity index (χ2v) is 4.11. The predicted molar refractivity (Wildman–Crippen MR) is 59.5 cm³/mol. The third kappa shape index (κ3) is 8.26. The summed E-state index contributed by atoms with van der Waals surface area (Å²) in [6.07, 6.45) is 0.989. The van der Waals surface area contributed by atoms with E-state index in [-0.39, 0.29) is 12.2 Å². The molecule has 17 heavy (non-hydrogen) atoms. The van der Waals surface area contributed by atoms with E-state index < -0.39 is 30.3 Å². The molecule has 0 saturated carbocycles. The number of thioether (sulfide) groups is 1. The molecule has 0 saturated heterocycles. The van der Waals surface area contributed by atoms with Crippen LogP contribution >= 0.6 is 11.8 Å². The van der Waals surface area contributed by atoms with Crippen LogP contribution in [0.5, 0.6) is 0 Å². The van der Waals surface area contributed by atoms with Gasteiger partial charge in [0.1, 0.15) is 6.04 Å². The first-order valence-corrected chi connectivity index (χ1v) is 5.79. The van der Waals surface area contributed by atoms with Crippen LogP contribution in [0.4, 0.5) is 0 Å². The van der Waals surface area contributed by atoms with E-state index in [1.807, 2.05) is 0 Å². The summed E-state index contributed by atoms with van der Waals surface area (Å²) >= 11 is 1.18. The molecule has 0 unspecified atom stereocenters. The van der Waals surface area contributed by atoms with Gasteiger partial charge in [-0.3, -0.25) is 14.4 Å². The summed E-state index contributed by atoms with van der Waals surface area (Å²) in [6, 6.07) is -1.43. The highest BCUT2D eigenvalue weighted by atomic mass is 32.2. The maximum absolute atomic E-state index is 11.2. The number of hydrogen-bond donors (Lipinski definition) is 3. The number of hydrogen-bond acceptors (Lipinski definition) is 5. The summed E-state index contributed by atoms with van der Waals surface area (Å²) in [4.78, 5) is 42.0. The molecule has 1 atom stereocenters. The molecule has 8 heteroatoms. The SMILES string of the molecule is O=[C]CSCCC(=O)N[C@H](CC(=O)O)C(=O)O. The maximum atomic E-state index is 11.2. The highest BCUT2D eigenvalue weighted by Gasteiger charge is 2.22. The molecule has 0 aliphatic carbocycles. The van der Waals surface area contributed by atoms with E-state index in [4.69, 9.17) is 10.2 Å². The lowest BCUT2D eigenvalue weighted by molar-refractivity contribution is -0.147. The van der Waals surface area contributed by atoms with E-state index in [9.17, 15) is 19.2 Å². The topological polar surface area (TPSA) is 121 Å². The summed E-state index contributed by atoms with van der Waals surface area (Å²) < 4.78 is 0. The Labute approximate surface area is 102 Å². The number of aliphatic carboxylic acids is 2. The molecule has 0 aliphatic heterocycles. The molecule has 3 N–H and O–H groups in total. The van der Waals surface area contributed by atoms with Crippen molar-refractivity contribution in [2.24, 2.45) is 0 Å². The third-order valence-corrected chi connectivity index (χ3v) is 2.46. The van der Waals surface area contributed by atoms with E-state index in [0.717, 1.165) is 0 Å². The van der Waals surface area contributed by atoms with Gasteiger partial charge < -0.3 is 15.5 Å². The number of nitrogens with one attached hydrogen (secondary N) is 1. The molecular weight excluding hydrogens is 250 g/mol. The molecule has 0 fully saturated rings. The van der Waals surface area contributed by atoms with Gasteiger partial charge in [0.2, 0.25) is 12.2 Å². The summed E-state index contributed by atoms with van der Waals surface area (Å²) in [5.41, 5.74) is 0. The molecule has 0 aliphatic rings. The minimum atomic E-state index is -1.43. The standard InChI is InChI=1S/C9H12NO6S/c11-2-4-17-3-1-7(12)10-6(9(15)16)5-8(13)14/h6H,1,3-5H2,(H,10,12)(H,13,14)(H,15,16)/t6-/m1/s1. The quantitative estimate of drug-likeness (QED) is 0.468. The van der Waals surface area contributed by atoms with E-state index in [1.165, 1.54) is 11.8 Å². The van der Waals surface area contributed by atoms with E-state index in [0.29, 0.717) is 5.75 Å². The van der Waals surface area contributed by atoms with Gasteiger partial charge in [0, 0.05) is 12.2 Å². The first-order valence-electron chi connectivity index (χ1n) is 4.64. The molecule has 95 valence electrons. The zero-order chi connectivity index (χ0) is 13.3. The fourth-order valence-corrected chi connectivity index (χ4v) is 1.48.